The number of imidazole rings is 1. The third-order valence-electron chi connectivity index (χ3n) is 8.81. The molecule has 216 valence electrons. The molecular formula is C43H28N2S. The Morgan fingerprint density at radius 2 is 1.02 bits per heavy atom. The summed E-state index contributed by atoms with van der Waals surface area (Å²) in [6.07, 6.45) is 0. The van der Waals surface area contributed by atoms with Crippen molar-refractivity contribution in [1.82, 2.24) is 9.55 Å². The minimum Gasteiger partial charge on any atom is -0.292 e. The van der Waals surface area contributed by atoms with Crippen molar-refractivity contribution in [3.8, 4) is 50.5 Å². The molecule has 2 aromatic heterocycles. The van der Waals surface area contributed by atoms with Gasteiger partial charge in [-0.2, -0.15) is 0 Å². The van der Waals surface area contributed by atoms with E-state index in [4.69, 9.17) is 4.98 Å². The van der Waals surface area contributed by atoms with E-state index in [1.54, 1.807) is 0 Å². The Bertz CT molecular complexity index is 2490. The Hall–Kier alpha value is -5.77. The highest BCUT2D eigenvalue weighted by Crippen LogP contribution is 2.44. The minimum atomic E-state index is 0.942. The van der Waals surface area contributed by atoms with E-state index < -0.39 is 0 Å². The number of benzene rings is 7. The molecule has 0 bridgehead atoms. The number of fused-ring (bicyclic) bond motifs is 4. The fraction of sp³-hybridized carbons (Fsp3) is 0. The molecule has 0 N–H and O–H groups in total. The topological polar surface area (TPSA) is 17.8 Å². The second-order valence-corrected chi connectivity index (χ2v) is 12.7. The van der Waals surface area contributed by atoms with E-state index >= 15 is 0 Å². The molecule has 2 nitrogen and oxygen atoms in total. The summed E-state index contributed by atoms with van der Waals surface area (Å²) in [7, 11) is 0. The standard InChI is InChI=1S/C43H28N2S/c1-4-12-29(13-5-1)33-24-25-41-37(26-33)38-28-34(30-14-6-2-7-15-30)27-36(42(38)46-41)31-20-22-32(23-21-31)43-44-39-18-10-11-19-40(39)45(43)35-16-8-3-9-17-35/h1-28H. The average molecular weight is 605 g/mol. The molecule has 0 amide bonds. The monoisotopic (exact) mass is 604 g/mol. The van der Waals surface area contributed by atoms with Crippen molar-refractivity contribution < 1.29 is 0 Å². The largest absolute Gasteiger partial charge is 0.292 e. The zero-order valence-electron chi connectivity index (χ0n) is 25.0. The summed E-state index contributed by atoms with van der Waals surface area (Å²) in [5, 5.41) is 2.60. The van der Waals surface area contributed by atoms with Crippen LogP contribution in [-0.2, 0) is 0 Å². The van der Waals surface area contributed by atoms with Gasteiger partial charge in [-0.15, -0.1) is 11.3 Å². The first-order valence-electron chi connectivity index (χ1n) is 15.5. The Morgan fingerprint density at radius 1 is 0.435 bits per heavy atom. The zero-order chi connectivity index (χ0) is 30.5. The van der Waals surface area contributed by atoms with Gasteiger partial charge in [0.15, 0.2) is 0 Å². The number of hydrogen-bond donors (Lipinski definition) is 0. The quantitative estimate of drug-likeness (QED) is 0.191. The zero-order valence-corrected chi connectivity index (χ0v) is 25.8. The molecule has 0 saturated carbocycles. The van der Waals surface area contributed by atoms with E-state index in [-0.39, 0.29) is 0 Å². The van der Waals surface area contributed by atoms with Gasteiger partial charge in [0, 0.05) is 37.0 Å². The van der Waals surface area contributed by atoms with Crippen LogP contribution in [0.3, 0.4) is 0 Å². The molecule has 0 aliphatic carbocycles. The van der Waals surface area contributed by atoms with Gasteiger partial charge in [0.05, 0.1) is 11.0 Å². The molecule has 46 heavy (non-hydrogen) atoms. The number of nitrogens with zero attached hydrogens (tertiary/aromatic N) is 2. The highest BCUT2D eigenvalue weighted by molar-refractivity contribution is 7.26. The molecule has 0 spiro atoms. The average Bonchev–Trinajstić information content (AvgIpc) is 3.71. The van der Waals surface area contributed by atoms with Gasteiger partial charge in [-0.05, 0) is 76.3 Å². The van der Waals surface area contributed by atoms with Crippen molar-refractivity contribution in [1.29, 1.82) is 0 Å². The van der Waals surface area contributed by atoms with Crippen LogP contribution in [0.1, 0.15) is 0 Å². The predicted molar refractivity (Wildman–Crippen MR) is 196 cm³/mol. The van der Waals surface area contributed by atoms with Crippen LogP contribution in [-0.4, -0.2) is 9.55 Å². The lowest BCUT2D eigenvalue weighted by molar-refractivity contribution is 1.10. The van der Waals surface area contributed by atoms with E-state index in [0.717, 1.165) is 28.1 Å². The molecule has 2 heterocycles. The van der Waals surface area contributed by atoms with Crippen molar-refractivity contribution in [3.05, 3.63) is 170 Å². The normalized spacial score (nSPS) is 11.5. The summed E-state index contributed by atoms with van der Waals surface area (Å²) in [6.45, 7) is 0. The van der Waals surface area contributed by atoms with Crippen LogP contribution in [0.15, 0.2) is 170 Å². The van der Waals surface area contributed by atoms with Gasteiger partial charge in [0.2, 0.25) is 0 Å². The van der Waals surface area contributed by atoms with Gasteiger partial charge in [-0.25, -0.2) is 4.98 Å². The Balaban J connectivity index is 1.22. The van der Waals surface area contributed by atoms with Crippen molar-refractivity contribution >= 4 is 42.5 Å². The molecule has 9 rings (SSSR count). The molecule has 0 aliphatic rings. The molecule has 0 radical (unpaired) electrons. The van der Waals surface area contributed by atoms with Crippen LogP contribution in [0.5, 0.6) is 0 Å². The predicted octanol–water partition coefficient (Wildman–Crippen LogP) is 12.1. The molecule has 7 aromatic carbocycles. The van der Waals surface area contributed by atoms with E-state index in [2.05, 4.69) is 174 Å². The smallest absolute Gasteiger partial charge is 0.145 e. The summed E-state index contributed by atoms with van der Waals surface area (Å²) in [6, 6.07) is 60.8. The second kappa shape index (κ2) is 11.0. The summed E-state index contributed by atoms with van der Waals surface area (Å²) >= 11 is 1.88. The molecule has 9 aromatic rings. The SMILES string of the molecule is c1ccc(-c2ccc3sc4c(-c5ccc(-c6nc7ccccc7n6-c6ccccc6)cc5)cc(-c5ccccc5)cc4c3c2)cc1. The number of hydrogen-bond acceptors (Lipinski definition) is 2. The summed E-state index contributed by atoms with van der Waals surface area (Å²) in [4.78, 5) is 5.09. The summed E-state index contributed by atoms with van der Waals surface area (Å²) < 4.78 is 4.87. The van der Waals surface area contributed by atoms with E-state index in [9.17, 15) is 0 Å². The van der Waals surface area contributed by atoms with Gasteiger partial charge in [-0.1, -0.05) is 121 Å². The maximum Gasteiger partial charge on any atom is 0.145 e. The van der Waals surface area contributed by atoms with Gasteiger partial charge in [-0.3, -0.25) is 4.57 Å². The number of aromatic nitrogens is 2. The minimum absolute atomic E-state index is 0.942. The molecule has 0 unspecified atom stereocenters. The molecular weight excluding hydrogens is 577 g/mol. The molecule has 0 aliphatic heterocycles. The Morgan fingerprint density at radius 3 is 1.76 bits per heavy atom. The van der Waals surface area contributed by atoms with E-state index in [1.807, 2.05) is 11.3 Å². The maximum absolute atomic E-state index is 5.09. The fourth-order valence-corrected chi connectivity index (χ4v) is 7.76. The lowest BCUT2D eigenvalue weighted by atomic mass is 9.95. The van der Waals surface area contributed by atoms with Crippen LogP contribution < -0.4 is 0 Å². The van der Waals surface area contributed by atoms with Crippen molar-refractivity contribution in [2.24, 2.45) is 0 Å². The first kappa shape index (κ1) is 26.6. The van der Waals surface area contributed by atoms with Crippen molar-refractivity contribution in [3.63, 3.8) is 0 Å². The number of rotatable bonds is 5. The van der Waals surface area contributed by atoms with Crippen LogP contribution in [0.25, 0.3) is 81.7 Å². The number of thiophene rings is 1. The third kappa shape index (κ3) is 4.52. The molecule has 0 saturated heterocycles. The summed E-state index contributed by atoms with van der Waals surface area (Å²) in [5.74, 6) is 0.942. The molecule has 0 fully saturated rings. The highest BCUT2D eigenvalue weighted by Gasteiger charge is 2.17. The van der Waals surface area contributed by atoms with Crippen LogP contribution >= 0.6 is 11.3 Å². The maximum atomic E-state index is 5.09. The van der Waals surface area contributed by atoms with E-state index in [1.165, 1.54) is 53.6 Å². The third-order valence-corrected chi connectivity index (χ3v) is 10.0. The van der Waals surface area contributed by atoms with Crippen LogP contribution in [0, 0.1) is 0 Å². The van der Waals surface area contributed by atoms with Gasteiger partial charge < -0.3 is 0 Å². The van der Waals surface area contributed by atoms with Crippen LogP contribution in [0.2, 0.25) is 0 Å². The van der Waals surface area contributed by atoms with Crippen molar-refractivity contribution in [2.45, 2.75) is 0 Å². The lowest BCUT2D eigenvalue weighted by Gasteiger charge is -2.12. The number of para-hydroxylation sites is 3. The Labute approximate surface area is 271 Å². The van der Waals surface area contributed by atoms with Gasteiger partial charge in [0.1, 0.15) is 5.82 Å². The van der Waals surface area contributed by atoms with Crippen LogP contribution in [0.4, 0.5) is 0 Å². The second-order valence-electron chi connectivity index (χ2n) is 11.6. The highest BCUT2D eigenvalue weighted by atomic mass is 32.1. The molecule has 3 heteroatoms. The van der Waals surface area contributed by atoms with Gasteiger partial charge >= 0.3 is 0 Å². The Kier molecular flexibility index (Phi) is 6.36. The first-order chi connectivity index (χ1) is 22.8. The lowest BCUT2D eigenvalue weighted by Crippen LogP contribution is -1.97. The molecule has 0 atom stereocenters. The fourth-order valence-electron chi connectivity index (χ4n) is 6.56. The van der Waals surface area contributed by atoms with Gasteiger partial charge in [0.25, 0.3) is 0 Å². The van der Waals surface area contributed by atoms with E-state index in [0.29, 0.717) is 0 Å². The summed E-state index contributed by atoms with van der Waals surface area (Å²) in [5.41, 5.74) is 11.7. The van der Waals surface area contributed by atoms with Crippen molar-refractivity contribution in [2.75, 3.05) is 0 Å². The first-order valence-corrected chi connectivity index (χ1v) is 16.4.